The molecule has 0 aromatic carbocycles. The predicted octanol–water partition coefficient (Wildman–Crippen LogP) is 1.54. The maximum atomic E-state index is 11.7. The zero-order valence-electron chi connectivity index (χ0n) is 8.44. The van der Waals surface area contributed by atoms with Crippen molar-refractivity contribution < 1.29 is 9.90 Å². The van der Waals surface area contributed by atoms with Crippen LogP contribution < -0.4 is 0 Å². The van der Waals surface area contributed by atoms with Crippen molar-refractivity contribution in [2.24, 2.45) is 23.2 Å². The maximum absolute atomic E-state index is 11.7. The minimum absolute atomic E-state index is 0.00662. The highest BCUT2D eigenvalue weighted by molar-refractivity contribution is 5.86. The summed E-state index contributed by atoms with van der Waals surface area (Å²) in [5, 5.41) is 10.0. The third kappa shape index (κ3) is 0.789. The van der Waals surface area contributed by atoms with Crippen LogP contribution in [0.3, 0.4) is 0 Å². The fourth-order valence-electron chi connectivity index (χ4n) is 3.86. The van der Waals surface area contributed by atoms with Gasteiger partial charge in [0.25, 0.3) is 0 Å². The lowest BCUT2D eigenvalue weighted by Gasteiger charge is -2.49. The van der Waals surface area contributed by atoms with Crippen LogP contribution in [0, 0.1) is 23.2 Å². The number of aliphatic hydroxyl groups is 1. The van der Waals surface area contributed by atoms with E-state index in [-0.39, 0.29) is 17.4 Å². The van der Waals surface area contributed by atoms with Crippen LogP contribution in [-0.2, 0) is 4.79 Å². The second-order valence-corrected chi connectivity index (χ2v) is 5.25. The van der Waals surface area contributed by atoms with Crippen LogP contribution in [0.2, 0.25) is 0 Å². The third-order valence-corrected chi connectivity index (χ3v) is 4.84. The molecule has 0 aromatic rings. The summed E-state index contributed by atoms with van der Waals surface area (Å²) in [7, 11) is 0. The van der Waals surface area contributed by atoms with E-state index in [1.54, 1.807) is 0 Å². The summed E-state index contributed by atoms with van der Waals surface area (Å²) in [6, 6.07) is 0. The number of carbonyl (C=O) groups is 1. The van der Waals surface area contributed by atoms with Gasteiger partial charge in [-0.1, -0.05) is 19.1 Å². The molecule has 1 N–H and O–H groups in total. The molecule has 0 radical (unpaired) electrons. The van der Waals surface area contributed by atoms with Gasteiger partial charge >= 0.3 is 0 Å². The standard InChI is InChI=1S/C12H16O2/c1-12-7-2-3-8(10(13)6-7)9(12)4-5-11(12)14/h2-3,7-9,11,14H,4-6H2,1H3/t7-,8-,9+,11?,12-/m0/s1. The van der Waals surface area contributed by atoms with Crippen LogP contribution in [0.1, 0.15) is 26.2 Å². The lowest BCUT2D eigenvalue weighted by molar-refractivity contribution is -0.135. The molecule has 1 unspecified atom stereocenters. The number of allylic oxidation sites excluding steroid dienone is 2. The molecular weight excluding hydrogens is 176 g/mol. The van der Waals surface area contributed by atoms with Crippen molar-refractivity contribution in [3.05, 3.63) is 12.2 Å². The topological polar surface area (TPSA) is 37.3 Å². The zero-order chi connectivity index (χ0) is 9.92. The summed E-state index contributed by atoms with van der Waals surface area (Å²) in [5.41, 5.74) is -0.00662. The van der Waals surface area contributed by atoms with E-state index in [2.05, 4.69) is 19.1 Å². The van der Waals surface area contributed by atoms with Crippen LogP contribution in [0.4, 0.5) is 0 Å². The van der Waals surface area contributed by atoms with E-state index in [1.165, 1.54) is 0 Å². The van der Waals surface area contributed by atoms with Crippen molar-refractivity contribution in [3.8, 4) is 0 Å². The number of hydrogen-bond acceptors (Lipinski definition) is 2. The summed E-state index contributed by atoms with van der Waals surface area (Å²) >= 11 is 0. The Labute approximate surface area is 84.0 Å². The molecule has 14 heavy (non-hydrogen) atoms. The molecule has 4 rings (SSSR count). The Morgan fingerprint density at radius 2 is 2.21 bits per heavy atom. The Morgan fingerprint density at radius 1 is 1.43 bits per heavy atom. The van der Waals surface area contributed by atoms with Crippen molar-refractivity contribution in [2.45, 2.75) is 32.3 Å². The average Bonchev–Trinajstić information content (AvgIpc) is 2.47. The van der Waals surface area contributed by atoms with Crippen LogP contribution in [0.5, 0.6) is 0 Å². The lowest BCUT2D eigenvalue weighted by Crippen LogP contribution is -2.51. The maximum Gasteiger partial charge on any atom is 0.140 e. The zero-order valence-corrected chi connectivity index (χ0v) is 8.44. The molecule has 76 valence electrons. The highest BCUT2D eigenvalue weighted by atomic mass is 16.3. The van der Waals surface area contributed by atoms with Crippen LogP contribution >= 0.6 is 0 Å². The van der Waals surface area contributed by atoms with E-state index in [4.69, 9.17) is 0 Å². The van der Waals surface area contributed by atoms with Gasteiger partial charge in [-0.15, -0.1) is 0 Å². The highest BCUT2D eigenvalue weighted by Gasteiger charge is 2.58. The summed E-state index contributed by atoms with van der Waals surface area (Å²) < 4.78 is 0. The molecule has 0 aliphatic heterocycles. The van der Waals surface area contributed by atoms with Gasteiger partial charge in [-0.05, 0) is 24.7 Å². The second kappa shape index (κ2) is 2.48. The molecule has 0 aromatic heterocycles. The summed E-state index contributed by atoms with van der Waals surface area (Å²) in [4.78, 5) is 11.7. The first-order valence-electron chi connectivity index (χ1n) is 5.53. The number of ketones is 1. The molecule has 0 spiro atoms. The molecule has 0 saturated heterocycles. The molecule has 0 amide bonds. The van der Waals surface area contributed by atoms with E-state index >= 15 is 0 Å². The second-order valence-electron chi connectivity index (χ2n) is 5.25. The molecule has 2 heteroatoms. The van der Waals surface area contributed by atoms with Gasteiger partial charge in [-0.25, -0.2) is 0 Å². The normalized spacial score (nSPS) is 55.1. The molecule has 4 aliphatic carbocycles. The SMILES string of the molecule is C[C@@]12C(O)CC[C@@H]1[C@@H]1C=C[C@H]2CC1=O. The predicted molar refractivity (Wildman–Crippen MR) is 52.6 cm³/mol. The number of hydrogen-bond donors (Lipinski definition) is 1. The first-order chi connectivity index (χ1) is 6.64. The molecule has 5 atom stereocenters. The van der Waals surface area contributed by atoms with Gasteiger partial charge in [0.1, 0.15) is 5.78 Å². The van der Waals surface area contributed by atoms with Gasteiger partial charge in [0.2, 0.25) is 0 Å². The molecule has 0 heterocycles. The fraction of sp³-hybridized carbons (Fsp3) is 0.750. The minimum Gasteiger partial charge on any atom is -0.393 e. The average molecular weight is 192 g/mol. The van der Waals surface area contributed by atoms with Gasteiger partial charge in [-0.2, -0.15) is 0 Å². The number of carbonyl (C=O) groups excluding carboxylic acids is 1. The monoisotopic (exact) mass is 192 g/mol. The Balaban J connectivity index is 2.09. The van der Waals surface area contributed by atoms with Gasteiger partial charge in [0.15, 0.2) is 0 Å². The van der Waals surface area contributed by atoms with Crippen LogP contribution in [-0.4, -0.2) is 17.0 Å². The van der Waals surface area contributed by atoms with Crippen molar-refractivity contribution in [2.75, 3.05) is 0 Å². The Hall–Kier alpha value is -0.630. The molecule has 2 nitrogen and oxygen atoms in total. The van der Waals surface area contributed by atoms with E-state index < -0.39 is 0 Å². The van der Waals surface area contributed by atoms with Crippen LogP contribution in [0.25, 0.3) is 0 Å². The molecule has 4 aliphatic rings. The van der Waals surface area contributed by atoms with Crippen molar-refractivity contribution in [3.63, 3.8) is 0 Å². The Kier molecular flexibility index (Phi) is 1.54. The summed E-state index contributed by atoms with van der Waals surface area (Å²) in [6.07, 6.45) is 6.61. The summed E-state index contributed by atoms with van der Waals surface area (Å²) in [6.45, 7) is 2.17. The fourth-order valence-corrected chi connectivity index (χ4v) is 3.86. The van der Waals surface area contributed by atoms with E-state index in [0.717, 1.165) is 12.8 Å². The number of Topliss-reactive ketones (excluding diaryl/α,β-unsaturated/α-hetero) is 1. The largest absolute Gasteiger partial charge is 0.393 e. The molecule has 2 bridgehead atoms. The van der Waals surface area contributed by atoms with Gasteiger partial charge in [0.05, 0.1) is 6.10 Å². The minimum atomic E-state index is -0.196. The molecule has 2 fully saturated rings. The van der Waals surface area contributed by atoms with E-state index in [1.807, 2.05) is 0 Å². The lowest BCUT2D eigenvalue weighted by atomic mass is 9.54. The van der Waals surface area contributed by atoms with Gasteiger partial charge in [0, 0.05) is 17.8 Å². The molecular formula is C12H16O2. The first-order valence-corrected chi connectivity index (χ1v) is 5.53. The number of rotatable bonds is 0. The first kappa shape index (κ1) is 8.66. The van der Waals surface area contributed by atoms with Crippen molar-refractivity contribution in [1.29, 1.82) is 0 Å². The van der Waals surface area contributed by atoms with Gasteiger partial charge < -0.3 is 5.11 Å². The van der Waals surface area contributed by atoms with Crippen LogP contribution in [0.15, 0.2) is 12.2 Å². The van der Waals surface area contributed by atoms with Crippen molar-refractivity contribution >= 4 is 5.78 Å². The number of aliphatic hydroxyl groups excluding tert-OH is 1. The van der Waals surface area contributed by atoms with Gasteiger partial charge in [-0.3, -0.25) is 4.79 Å². The molecule has 2 saturated carbocycles. The van der Waals surface area contributed by atoms with E-state index in [0.29, 0.717) is 24.0 Å². The Bertz CT molecular complexity index is 320. The van der Waals surface area contributed by atoms with E-state index in [9.17, 15) is 9.90 Å². The highest BCUT2D eigenvalue weighted by Crippen LogP contribution is 2.59. The summed E-state index contributed by atoms with van der Waals surface area (Å²) in [5.74, 6) is 1.22. The smallest absolute Gasteiger partial charge is 0.140 e. The Morgan fingerprint density at radius 3 is 2.93 bits per heavy atom. The number of fused-ring (bicyclic) bond motifs is 1. The quantitative estimate of drug-likeness (QED) is 0.591. The van der Waals surface area contributed by atoms with Crippen molar-refractivity contribution in [1.82, 2.24) is 0 Å². The third-order valence-electron chi connectivity index (χ3n) is 4.84.